The van der Waals surface area contributed by atoms with E-state index in [-0.39, 0.29) is 0 Å². The normalized spacial score (nSPS) is 18.0. The first-order valence-corrected chi connectivity index (χ1v) is 8.51. The van der Waals surface area contributed by atoms with E-state index in [0.29, 0.717) is 6.61 Å². The molecule has 0 aliphatic heterocycles. The summed E-state index contributed by atoms with van der Waals surface area (Å²) in [5.74, 6) is 2.55. The van der Waals surface area contributed by atoms with Crippen molar-refractivity contribution in [1.82, 2.24) is 5.32 Å². The summed E-state index contributed by atoms with van der Waals surface area (Å²) in [5.41, 5.74) is 0. The molecule has 1 N–H and O–H groups in total. The molecule has 1 atom stereocenters. The SMILES string of the molecule is COCCOCCCC(CNCC(C)C)C1CCCC1. The standard InChI is InChI=1S/C17H35NO2/c1-15(2)13-18-14-17(16-7-4-5-8-16)9-6-10-20-12-11-19-3/h15-18H,4-14H2,1-3H3. The first-order chi connectivity index (χ1) is 9.74. The van der Waals surface area contributed by atoms with Gasteiger partial charge >= 0.3 is 0 Å². The van der Waals surface area contributed by atoms with Gasteiger partial charge in [0.25, 0.3) is 0 Å². The van der Waals surface area contributed by atoms with Crippen LogP contribution in [0.1, 0.15) is 52.4 Å². The summed E-state index contributed by atoms with van der Waals surface area (Å²) in [4.78, 5) is 0. The van der Waals surface area contributed by atoms with Gasteiger partial charge < -0.3 is 14.8 Å². The first kappa shape index (κ1) is 17.9. The minimum absolute atomic E-state index is 0.710. The van der Waals surface area contributed by atoms with Gasteiger partial charge in [-0.2, -0.15) is 0 Å². The molecule has 0 amide bonds. The molecule has 0 radical (unpaired) electrons. The maximum atomic E-state index is 5.58. The van der Waals surface area contributed by atoms with E-state index in [1.165, 1.54) is 45.1 Å². The van der Waals surface area contributed by atoms with Crippen LogP contribution in [0.15, 0.2) is 0 Å². The zero-order chi connectivity index (χ0) is 14.6. The molecular formula is C17H35NO2. The number of hydrogen-bond acceptors (Lipinski definition) is 3. The Labute approximate surface area is 125 Å². The number of rotatable bonds is 12. The predicted molar refractivity (Wildman–Crippen MR) is 85.1 cm³/mol. The van der Waals surface area contributed by atoms with Crippen LogP contribution in [0, 0.1) is 17.8 Å². The highest BCUT2D eigenvalue weighted by Crippen LogP contribution is 2.33. The largest absolute Gasteiger partial charge is 0.382 e. The Hall–Kier alpha value is -0.120. The molecule has 0 heterocycles. The molecule has 20 heavy (non-hydrogen) atoms. The van der Waals surface area contributed by atoms with Crippen molar-refractivity contribution in [2.45, 2.75) is 52.4 Å². The van der Waals surface area contributed by atoms with Gasteiger partial charge in [-0.1, -0.05) is 39.5 Å². The predicted octanol–water partition coefficient (Wildman–Crippen LogP) is 3.48. The van der Waals surface area contributed by atoms with Crippen LogP contribution in [0.5, 0.6) is 0 Å². The number of hydrogen-bond donors (Lipinski definition) is 1. The maximum Gasteiger partial charge on any atom is 0.0700 e. The van der Waals surface area contributed by atoms with E-state index in [1.54, 1.807) is 7.11 Å². The molecule has 3 heteroatoms. The summed E-state index contributed by atoms with van der Waals surface area (Å²) >= 11 is 0. The van der Waals surface area contributed by atoms with E-state index in [0.717, 1.165) is 37.5 Å². The molecular weight excluding hydrogens is 250 g/mol. The van der Waals surface area contributed by atoms with Gasteiger partial charge in [0.2, 0.25) is 0 Å². The molecule has 0 aromatic heterocycles. The second-order valence-corrected chi connectivity index (χ2v) is 6.60. The van der Waals surface area contributed by atoms with Gasteiger partial charge in [0.15, 0.2) is 0 Å². The van der Waals surface area contributed by atoms with Crippen molar-refractivity contribution in [2.75, 3.05) is 40.0 Å². The number of nitrogens with one attached hydrogen (secondary N) is 1. The fourth-order valence-corrected chi connectivity index (χ4v) is 3.18. The van der Waals surface area contributed by atoms with Crippen LogP contribution in [0.2, 0.25) is 0 Å². The molecule has 0 saturated heterocycles. The lowest BCUT2D eigenvalue weighted by Gasteiger charge is -2.24. The lowest BCUT2D eigenvalue weighted by molar-refractivity contribution is 0.0659. The van der Waals surface area contributed by atoms with E-state index >= 15 is 0 Å². The Balaban J connectivity index is 2.16. The van der Waals surface area contributed by atoms with Gasteiger partial charge in [-0.05, 0) is 43.7 Å². The summed E-state index contributed by atoms with van der Waals surface area (Å²) in [5, 5.41) is 3.66. The van der Waals surface area contributed by atoms with Crippen molar-refractivity contribution in [3.63, 3.8) is 0 Å². The summed E-state index contributed by atoms with van der Waals surface area (Å²) in [6.07, 6.45) is 8.26. The van der Waals surface area contributed by atoms with E-state index in [4.69, 9.17) is 9.47 Å². The molecule has 1 aliphatic rings. The molecule has 0 spiro atoms. The quantitative estimate of drug-likeness (QED) is 0.557. The second-order valence-electron chi connectivity index (χ2n) is 6.60. The number of ether oxygens (including phenoxy) is 2. The van der Waals surface area contributed by atoms with Crippen LogP contribution in [0.25, 0.3) is 0 Å². The van der Waals surface area contributed by atoms with Crippen molar-refractivity contribution < 1.29 is 9.47 Å². The molecule has 1 rings (SSSR count). The smallest absolute Gasteiger partial charge is 0.0700 e. The minimum Gasteiger partial charge on any atom is -0.382 e. The lowest BCUT2D eigenvalue weighted by Crippen LogP contribution is -2.30. The Morgan fingerprint density at radius 3 is 2.45 bits per heavy atom. The highest BCUT2D eigenvalue weighted by atomic mass is 16.5. The molecule has 0 aromatic carbocycles. The monoisotopic (exact) mass is 285 g/mol. The summed E-state index contributed by atoms with van der Waals surface area (Å²) in [6.45, 7) is 9.23. The van der Waals surface area contributed by atoms with Gasteiger partial charge in [0.05, 0.1) is 13.2 Å². The van der Waals surface area contributed by atoms with Crippen molar-refractivity contribution in [1.29, 1.82) is 0 Å². The molecule has 1 saturated carbocycles. The summed E-state index contributed by atoms with van der Waals surface area (Å²) in [6, 6.07) is 0. The molecule has 3 nitrogen and oxygen atoms in total. The van der Waals surface area contributed by atoms with Crippen molar-refractivity contribution in [3.05, 3.63) is 0 Å². The Morgan fingerprint density at radius 2 is 1.80 bits per heavy atom. The third-order valence-corrected chi connectivity index (χ3v) is 4.32. The van der Waals surface area contributed by atoms with Crippen LogP contribution < -0.4 is 5.32 Å². The van der Waals surface area contributed by atoms with Gasteiger partial charge in [-0.25, -0.2) is 0 Å². The Morgan fingerprint density at radius 1 is 1.05 bits per heavy atom. The summed E-state index contributed by atoms with van der Waals surface area (Å²) < 4.78 is 10.6. The third kappa shape index (κ3) is 8.23. The molecule has 0 bridgehead atoms. The van der Waals surface area contributed by atoms with E-state index in [9.17, 15) is 0 Å². The van der Waals surface area contributed by atoms with E-state index in [1.807, 2.05) is 0 Å². The van der Waals surface area contributed by atoms with Crippen molar-refractivity contribution in [3.8, 4) is 0 Å². The van der Waals surface area contributed by atoms with Crippen LogP contribution in [-0.4, -0.2) is 40.0 Å². The third-order valence-electron chi connectivity index (χ3n) is 4.32. The summed E-state index contributed by atoms with van der Waals surface area (Å²) in [7, 11) is 1.72. The molecule has 1 unspecified atom stereocenters. The van der Waals surface area contributed by atoms with Crippen LogP contribution in [0.4, 0.5) is 0 Å². The van der Waals surface area contributed by atoms with E-state index < -0.39 is 0 Å². The Kier molecular flexibility index (Phi) is 10.3. The van der Waals surface area contributed by atoms with Crippen LogP contribution in [0.3, 0.4) is 0 Å². The van der Waals surface area contributed by atoms with Gasteiger partial charge in [0, 0.05) is 13.7 Å². The van der Waals surface area contributed by atoms with Gasteiger partial charge in [-0.15, -0.1) is 0 Å². The average molecular weight is 285 g/mol. The van der Waals surface area contributed by atoms with E-state index in [2.05, 4.69) is 19.2 Å². The van der Waals surface area contributed by atoms with Crippen LogP contribution in [-0.2, 0) is 9.47 Å². The average Bonchev–Trinajstić information content (AvgIpc) is 2.94. The number of methoxy groups -OCH3 is 1. The maximum absolute atomic E-state index is 5.58. The molecule has 120 valence electrons. The second kappa shape index (κ2) is 11.5. The first-order valence-electron chi connectivity index (χ1n) is 8.51. The molecule has 1 fully saturated rings. The lowest BCUT2D eigenvalue weighted by atomic mass is 9.87. The highest BCUT2D eigenvalue weighted by molar-refractivity contribution is 4.77. The zero-order valence-corrected chi connectivity index (χ0v) is 13.8. The zero-order valence-electron chi connectivity index (χ0n) is 13.8. The fraction of sp³-hybridized carbons (Fsp3) is 1.00. The topological polar surface area (TPSA) is 30.5 Å². The Bertz CT molecular complexity index is 215. The van der Waals surface area contributed by atoms with Crippen molar-refractivity contribution in [2.24, 2.45) is 17.8 Å². The molecule has 0 aromatic rings. The highest BCUT2D eigenvalue weighted by Gasteiger charge is 2.24. The van der Waals surface area contributed by atoms with Gasteiger partial charge in [0.1, 0.15) is 0 Å². The fourth-order valence-electron chi connectivity index (χ4n) is 3.18. The van der Waals surface area contributed by atoms with Crippen molar-refractivity contribution >= 4 is 0 Å². The van der Waals surface area contributed by atoms with Gasteiger partial charge in [-0.3, -0.25) is 0 Å². The minimum atomic E-state index is 0.710. The van der Waals surface area contributed by atoms with Crippen LogP contribution >= 0.6 is 0 Å². The molecule has 1 aliphatic carbocycles.